The third kappa shape index (κ3) is 3.25. The number of aryl methyl sites for hydroxylation is 1. The molecule has 0 bridgehead atoms. The van der Waals surface area contributed by atoms with Crippen LogP contribution in [0.2, 0.25) is 0 Å². The third-order valence-corrected chi connectivity index (χ3v) is 3.83. The maximum atomic E-state index is 11.1. The summed E-state index contributed by atoms with van der Waals surface area (Å²) in [6, 6.07) is 1.88. The standard InChI is InChI=1S/C9H16N4O3S/c1-8-6-9(16-11-8)7-12-2-4-13(5-3-12)17(10,14)15/h6H,2-5,7H2,1H3,(H2,10,14,15). The Bertz CT molecular complexity index is 476. The van der Waals surface area contributed by atoms with Crippen LogP contribution < -0.4 is 5.14 Å². The minimum atomic E-state index is -3.55. The molecule has 0 aromatic carbocycles. The molecule has 8 heteroatoms. The van der Waals surface area contributed by atoms with Crippen molar-refractivity contribution in [3.63, 3.8) is 0 Å². The third-order valence-electron chi connectivity index (χ3n) is 2.75. The number of nitrogens with two attached hydrogens (primary N) is 1. The Morgan fingerprint density at radius 2 is 2.06 bits per heavy atom. The first kappa shape index (κ1) is 12.5. The number of hydrogen-bond acceptors (Lipinski definition) is 5. The highest BCUT2D eigenvalue weighted by molar-refractivity contribution is 7.86. The second-order valence-electron chi connectivity index (χ2n) is 4.15. The van der Waals surface area contributed by atoms with Crippen molar-refractivity contribution in [2.75, 3.05) is 26.2 Å². The summed E-state index contributed by atoms with van der Waals surface area (Å²) in [5.41, 5.74) is 0.850. The van der Waals surface area contributed by atoms with Crippen molar-refractivity contribution < 1.29 is 12.9 Å². The summed E-state index contributed by atoms with van der Waals surface area (Å²) in [6.07, 6.45) is 0. The lowest BCUT2D eigenvalue weighted by atomic mass is 10.3. The van der Waals surface area contributed by atoms with Crippen molar-refractivity contribution in [1.29, 1.82) is 0 Å². The van der Waals surface area contributed by atoms with E-state index in [2.05, 4.69) is 10.1 Å². The molecular weight excluding hydrogens is 244 g/mol. The molecule has 0 aliphatic carbocycles. The van der Waals surface area contributed by atoms with Gasteiger partial charge in [0.25, 0.3) is 10.2 Å². The fourth-order valence-electron chi connectivity index (χ4n) is 1.85. The van der Waals surface area contributed by atoms with Crippen molar-refractivity contribution in [2.45, 2.75) is 13.5 Å². The lowest BCUT2D eigenvalue weighted by Gasteiger charge is -2.32. The van der Waals surface area contributed by atoms with Crippen molar-refractivity contribution in [3.05, 3.63) is 17.5 Å². The second kappa shape index (κ2) is 4.73. The van der Waals surface area contributed by atoms with Gasteiger partial charge in [-0.2, -0.15) is 12.7 Å². The summed E-state index contributed by atoms with van der Waals surface area (Å²) < 4.78 is 28.6. The molecular formula is C9H16N4O3S. The van der Waals surface area contributed by atoms with Gasteiger partial charge in [-0.05, 0) is 6.92 Å². The van der Waals surface area contributed by atoms with E-state index in [1.807, 2.05) is 13.0 Å². The summed E-state index contributed by atoms with van der Waals surface area (Å²) in [6.45, 7) is 4.66. The van der Waals surface area contributed by atoms with E-state index >= 15 is 0 Å². The van der Waals surface area contributed by atoms with E-state index in [1.165, 1.54) is 4.31 Å². The van der Waals surface area contributed by atoms with Crippen LogP contribution in [-0.4, -0.2) is 49.0 Å². The first-order chi connectivity index (χ1) is 7.95. The number of piperazine rings is 1. The maximum Gasteiger partial charge on any atom is 0.276 e. The van der Waals surface area contributed by atoms with Crippen molar-refractivity contribution in [1.82, 2.24) is 14.4 Å². The van der Waals surface area contributed by atoms with Crippen molar-refractivity contribution in [2.24, 2.45) is 5.14 Å². The number of hydrogen-bond donors (Lipinski definition) is 1. The predicted molar refractivity (Wildman–Crippen MR) is 61.2 cm³/mol. The van der Waals surface area contributed by atoms with E-state index in [-0.39, 0.29) is 0 Å². The fraction of sp³-hybridized carbons (Fsp3) is 0.667. The summed E-state index contributed by atoms with van der Waals surface area (Å²) in [5, 5.41) is 8.87. The molecule has 2 heterocycles. The Labute approximate surface area is 100 Å². The van der Waals surface area contributed by atoms with Crippen LogP contribution in [0.5, 0.6) is 0 Å². The van der Waals surface area contributed by atoms with Crippen molar-refractivity contribution in [3.8, 4) is 0 Å². The highest BCUT2D eigenvalue weighted by Gasteiger charge is 2.24. The van der Waals surface area contributed by atoms with Gasteiger partial charge >= 0.3 is 0 Å². The zero-order valence-electron chi connectivity index (χ0n) is 9.66. The van der Waals surface area contributed by atoms with Crippen LogP contribution in [0.3, 0.4) is 0 Å². The van der Waals surface area contributed by atoms with E-state index in [4.69, 9.17) is 9.66 Å². The van der Waals surface area contributed by atoms with Crippen molar-refractivity contribution >= 4 is 10.2 Å². The molecule has 1 aliphatic heterocycles. The van der Waals surface area contributed by atoms with E-state index in [1.54, 1.807) is 0 Å². The molecule has 1 fully saturated rings. The van der Waals surface area contributed by atoms with Crippen LogP contribution in [0.25, 0.3) is 0 Å². The van der Waals surface area contributed by atoms with Gasteiger partial charge < -0.3 is 4.52 Å². The second-order valence-corrected chi connectivity index (χ2v) is 5.70. The number of aromatic nitrogens is 1. The number of nitrogens with zero attached hydrogens (tertiary/aromatic N) is 3. The first-order valence-electron chi connectivity index (χ1n) is 5.37. The van der Waals surface area contributed by atoms with Gasteiger partial charge in [0.15, 0.2) is 5.76 Å². The molecule has 17 heavy (non-hydrogen) atoms. The molecule has 2 N–H and O–H groups in total. The van der Waals surface area contributed by atoms with Crippen LogP contribution in [-0.2, 0) is 16.8 Å². The summed E-state index contributed by atoms with van der Waals surface area (Å²) in [7, 11) is -3.55. The average Bonchev–Trinajstić information content (AvgIpc) is 2.63. The Balaban J connectivity index is 1.87. The molecule has 0 radical (unpaired) electrons. The predicted octanol–water partition coefficient (Wildman–Crippen LogP) is -0.696. The molecule has 7 nitrogen and oxygen atoms in total. The Morgan fingerprint density at radius 3 is 2.53 bits per heavy atom. The molecule has 0 unspecified atom stereocenters. The molecule has 1 aliphatic rings. The Kier molecular flexibility index (Phi) is 3.48. The van der Waals surface area contributed by atoms with Gasteiger partial charge in [0, 0.05) is 32.2 Å². The van der Waals surface area contributed by atoms with Crippen LogP contribution in [0.15, 0.2) is 10.6 Å². The highest BCUT2D eigenvalue weighted by Crippen LogP contribution is 2.10. The average molecular weight is 260 g/mol. The maximum absolute atomic E-state index is 11.1. The van der Waals surface area contributed by atoms with Crippen LogP contribution in [0, 0.1) is 6.92 Å². The van der Waals surface area contributed by atoms with E-state index in [9.17, 15) is 8.42 Å². The molecule has 0 amide bonds. The number of rotatable bonds is 3. The van der Waals surface area contributed by atoms with Gasteiger partial charge in [-0.25, -0.2) is 5.14 Å². The minimum Gasteiger partial charge on any atom is -0.360 e. The van der Waals surface area contributed by atoms with E-state index in [0.29, 0.717) is 32.7 Å². The molecule has 96 valence electrons. The van der Waals surface area contributed by atoms with Crippen LogP contribution in [0.1, 0.15) is 11.5 Å². The molecule has 0 spiro atoms. The zero-order chi connectivity index (χ0) is 12.5. The topological polar surface area (TPSA) is 92.7 Å². The van der Waals surface area contributed by atoms with Crippen LogP contribution in [0.4, 0.5) is 0 Å². The molecule has 0 saturated carbocycles. The summed E-state index contributed by atoms with van der Waals surface area (Å²) >= 11 is 0. The quantitative estimate of drug-likeness (QED) is 0.776. The lowest BCUT2D eigenvalue weighted by molar-refractivity contribution is 0.166. The van der Waals surface area contributed by atoms with Gasteiger partial charge in [0.2, 0.25) is 0 Å². The van der Waals surface area contributed by atoms with E-state index in [0.717, 1.165) is 11.5 Å². The molecule has 1 saturated heterocycles. The minimum absolute atomic E-state index is 0.423. The lowest BCUT2D eigenvalue weighted by Crippen LogP contribution is -2.50. The monoisotopic (exact) mass is 260 g/mol. The summed E-state index contributed by atoms with van der Waals surface area (Å²) in [5.74, 6) is 0.798. The Hall–Kier alpha value is -0.960. The van der Waals surface area contributed by atoms with Gasteiger partial charge in [-0.3, -0.25) is 4.90 Å². The SMILES string of the molecule is Cc1cc(CN2CCN(S(N)(=O)=O)CC2)on1. The molecule has 1 aromatic rings. The molecule has 1 aromatic heterocycles. The first-order valence-corrected chi connectivity index (χ1v) is 6.88. The normalized spacial score (nSPS) is 19.6. The van der Waals surface area contributed by atoms with Gasteiger partial charge in [-0.1, -0.05) is 5.16 Å². The summed E-state index contributed by atoms with van der Waals surface area (Å²) in [4.78, 5) is 2.11. The molecule has 2 rings (SSSR count). The molecule has 0 atom stereocenters. The van der Waals surface area contributed by atoms with Gasteiger partial charge in [0.05, 0.1) is 12.2 Å². The van der Waals surface area contributed by atoms with Crippen LogP contribution >= 0.6 is 0 Å². The largest absolute Gasteiger partial charge is 0.360 e. The fourth-order valence-corrected chi connectivity index (χ4v) is 2.53. The van der Waals surface area contributed by atoms with Gasteiger partial charge in [-0.15, -0.1) is 0 Å². The van der Waals surface area contributed by atoms with Gasteiger partial charge in [0.1, 0.15) is 0 Å². The highest BCUT2D eigenvalue weighted by atomic mass is 32.2. The Morgan fingerprint density at radius 1 is 1.41 bits per heavy atom. The smallest absolute Gasteiger partial charge is 0.276 e. The zero-order valence-corrected chi connectivity index (χ0v) is 10.5. The van der Waals surface area contributed by atoms with E-state index < -0.39 is 10.2 Å².